The maximum atomic E-state index is 11.9. The van der Waals surface area contributed by atoms with Gasteiger partial charge in [-0.3, -0.25) is 9.71 Å². The van der Waals surface area contributed by atoms with Crippen molar-refractivity contribution in [2.24, 2.45) is 0 Å². The Hall–Kier alpha value is -1.14. The van der Waals surface area contributed by atoms with E-state index in [1.165, 1.54) is 0 Å². The second kappa shape index (κ2) is 5.97. The van der Waals surface area contributed by atoms with E-state index in [0.29, 0.717) is 12.2 Å². The Labute approximate surface area is 103 Å². The molecule has 1 aromatic heterocycles. The monoisotopic (exact) mass is 257 g/mol. The zero-order chi connectivity index (χ0) is 12.9. The molecule has 1 unspecified atom stereocenters. The fraction of sp³-hybridized carbons (Fsp3) is 0.545. The zero-order valence-corrected chi connectivity index (χ0v) is 11.2. The summed E-state index contributed by atoms with van der Waals surface area (Å²) in [5, 5.41) is 2.62. The summed E-state index contributed by atoms with van der Waals surface area (Å²) in [7, 11) is -3.35. The van der Waals surface area contributed by atoms with Crippen LogP contribution in [0.3, 0.4) is 0 Å². The first kappa shape index (κ1) is 13.9. The van der Waals surface area contributed by atoms with Crippen LogP contribution in [0.4, 0.5) is 5.69 Å². The molecule has 0 radical (unpaired) electrons. The number of rotatable bonds is 6. The molecule has 0 saturated heterocycles. The molecule has 96 valence electrons. The quantitative estimate of drug-likeness (QED) is 0.803. The molecule has 0 aliphatic rings. The molecule has 6 heteroatoms. The van der Waals surface area contributed by atoms with Crippen molar-refractivity contribution in [2.75, 3.05) is 11.3 Å². The van der Waals surface area contributed by atoms with E-state index < -0.39 is 15.3 Å². The first-order valence-corrected chi connectivity index (χ1v) is 7.11. The van der Waals surface area contributed by atoms with E-state index in [1.807, 2.05) is 13.8 Å². The summed E-state index contributed by atoms with van der Waals surface area (Å²) in [6, 6.07) is 3.52. The van der Waals surface area contributed by atoms with Gasteiger partial charge in [0.1, 0.15) is 0 Å². The van der Waals surface area contributed by atoms with Crippen molar-refractivity contribution in [2.45, 2.75) is 32.1 Å². The van der Waals surface area contributed by atoms with Gasteiger partial charge in [0.15, 0.2) is 0 Å². The second-order valence-electron chi connectivity index (χ2n) is 4.26. The fourth-order valence-electron chi connectivity index (χ4n) is 1.20. The summed E-state index contributed by atoms with van der Waals surface area (Å²) in [6.07, 6.45) is 3.10. The number of anilines is 1. The molecule has 0 aliphatic heterocycles. The van der Waals surface area contributed by atoms with Gasteiger partial charge in [0.25, 0.3) is 0 Å². The van der Waals surface area contributed by atoms with Gasteiger partial charge in [-0.2, -0.15) is 0 Å². The summed E-state index contributed by atoms with van der Waals surface area (Å²) in [4.78, 5) is 3.83. The van der Waals surface area contributed by atoms with Gasteiger partial charge >= 0.3 is 0 Å². The normalized spacial score (nSPS) is 13.6. The van der Waals surface area contributed by atoms with Crippen molar-refractivity contribution in [1.29, 1.82) is 0 Å². The van der Waals surface area contributed by atoms with Gasteiger partial charge in [0, 0.05) is 25.0 Å². The highest BCUT2D eigenvalue weighted by Crippen LogP contribution is 2.09. The molecule has 1 rings (SSSR count). The second-order valence-corrected chi connectivity index (χ2v) is 6.36. The minimum absolute atomic E-state index is 0.272. The molecule has 17 heavy (non-hydrogen) atoms. The average molecular weight is 257 g/mol. The Bertz CT molecular complexity index is 431. The van der Waals surface area contributed by atoms with Crippen molar-refractivity contribution in [3.63, 3.8) is 0 Å². The molecule has 0 fully saturated rings. The molecule has 1 atom stereocenters. The van der Waals surface area contributed by atoms with Crippen LogP contribution in [0.2, 0.25) is 0 Å². The number of sulfonamides is 1. The number of nitrogens with zero attached hydrogens (tertiary/aromatic N) is 1. The van der Waals surface area contributed by atoms with Gasteiger partial charge in [0.05, 0.1) is 10.9 Å². The number of hydrogen-bond donors (Lipinski definition) is 2. The van der Waals surface area contributed by atoms with Crippen molar-refractivity contribution in [1.82, 2.24) is 10.3 Å². The van der Waals surface area contributed by atoms with E-state index in [9.17, 15) is 8.42 Å². The van der Waals surface area contributed by atoms with E-state index in [2.05, 4.69) is 15.0 Å². The van der Waals surface area contributed by atoms with Crippen LogP contribution < -0.4 is 10.0 Å². The van der Waals surface area contributed by atoms with Gasteiger partial charge in [-0.25, -0.2) is 8.42 Å². The standard InChI is InChI=1S/C11H19N3O2S/c1-9(2)13-8-10(3)17(15,16)14-11-4-6-12-7-5-11/h4-7,9-10,13H,8H2,1-3H3,(H,12,14). The minimum Gasteiger partial charge on any atom is -0.313 e. The highest BCUT2D eigenvalue weighted by Gasteiger charge is 2.20. The predicted molar refractivity (Wildman–Crippen MR) is 69.4 cm³/mol. The molecular weight excluding hydrogens is 238 g/mol. The third-order valence-corrected chi connectivity index (χ3v) is 4.03. The molecule has 2 N–H and O–H groups in total. The third kappa shape index (κ3) is 4.70. The zero-order valence-electron chi connectivity index (χ0n) is 10.3. The Morgan fingerprint density at radius 1 is 1.24 bits per heavy atom. The van der Waals surface area contributed by atoms with Gasteiger partial charge in [0.2, 0.25) is 10.0 Å². The minimum atomic E-state index is -3.35. The molecule has 5 nitrogen and oxygen atoms in total. The number of aromatic nitrogens is 1. The van der Waals surface area contributed by atoms with Gasteiger partial charge in [-0.05, 0) is 19.1 Å². The molecule has 0 aliphatic carbocycles. The van der Waals surface area contributed by atoms with E-state index >= 15 is 0 Å². The Morgan fingerprint density at radius 3 is 2.35 bits per heavy atom. The van der Waals surface area contributed by atoms with E-state index in [-0.39, 0.29) is 6.04 Å². The smallest absolute Gasteiger partial charge is 0.236 e. The Kier molecular flexibility index (Phi) is 4.89. The maximum absolute atomic E-state index is 11.9. The lowest BCUT2D eigenvalue weighted by atomic mass is 10.3. The van der Waals surface area contributed by atoms with Gasteiger partial charge in [-0.15, -0.1) is 0 Å². The molecule has 0 saturated carbocycles. The van der Waals surface area contributed by atoms with Crippen molar-refractivity contribution in [3.8, 4) is 0 Å². The van der Waals surface area contributed by atoms with Crippen LogP contribution in [0.5, 0.6) is 0 Å². The highest BCUT2D eigenvalue weighted by atomic mass is 32.2. The summed E-state index contributed by atoms with van der Waals surface area (Å²) in [5.41, 5.74) is 0.538. The third-order valence-electron chi connectivity index (χ3n) is 2.28. The number of nitrogens with one attached hydrogen (secondary N) is 2. The molecule has 0 spiro atoms. The SMILES string of the molecule is CC(C)NCC(C)S(=O)(=O)Nc1ccncc1. The lowest BCUT2D eigenvalue weighted by Crippen LogP contribution is -2.37. The van der Waals surface area contributed by atoms with Gasteiger partial charge in [-0.1, -0.05) is 13.8 Å². The highest BCUT2D eigenvalue weighted by molar-refractivity contribution is 7.93. The summed E-state index contributed by atoms with van der Waals surface area (Å²) >= 11 is 0. The van der Waals surface area contributed by atoms with E-state index in [0.717, 1.165) is 0 Å². The summed E-state index contributed by atoms with van der Waals surface area (Å²) in [5.74, 6) is 0. The van der Waals surface area contributed by atoms with E-state index in [4.69, 9.17) is 0 Å². The molecule has 0 amide bonds. The number of hydrogen-bond acceptors (Lipinski definition) is 4. The predicted octanol–water partition coefficient (Wildman–Crippen LogP) is 1.21. The Morgan fingerprint density at radius 2 is 1.82 bits per heavy atom. The van der Waals surface area contributed by atoms with Crippen LogP contribution >= 0.6 is 0 Å². The molecule has 1 aromatic rings. The molecular formula is C11H19N3O2S. The van der Waals surface area contributed by atoms with Crippen LogP contribution in [-0.4, -0.2) is 31.2 Å². The molecule has 0 aromatic carbocycles. The average Bonchev–Trinajstić information content (AvgIpc) is 2.26. The first-order chi connectivity index (χ1) is 7.92. The lowest BCUT2D eigenvalue weighted by molar-refractivity contribution is 0.553. The first-order valence-electron chi connectivity index (χ1n) is 5.57. The topological polar surface area (TPSA) is 71.1 Å². The molecule has 1 heterocycles. The van der Waals surface area contributed by atoms with Crippen LogP contribution in [0.25, 0.3) is 0 Å². The van der Waals surface area contributed by atoms with Crippen LogP contribution in [0, 0.1) is 0 Å². The van der Waals surface area contributed by atoms with Gasteiger partial charge < -0.3 is 5.32 Å². The summed E-state index contributed by atoms with van der Waals surface area (Å²) < 4.78 is 26.4. The number of pyridine rings is 1. The van der Waals surface area contributed by atoms with Crippen molar-refractivity contribution >= 4 is 15.7 Å². The fourth-order valence-corrected chi connectivity index (χ4v) is 2.18. The largest absolute Gasteiger partial charge is 0.313 e. The van der Waals surface area contributed by atoms with Crippen LogP contribution in [-0.2, 0) is 10.0 Å². The van der Waals surface area contributed by atoms with Crippen LogP contribution in [0.15, 0.2) is 24.5 Å². The molecule has 0 bridgehead atoms. The Balaban J connectivity index is 2.62. The van der Waals surface area contributed by atoms with E-state index in [1.54, 1.807) is 31.5 Å². The summed E-state index contributed by atoms with van der Waals surface area (Å²) in [6.45, 7) is 6.07. The lowest BCUT2D eigenvalue weighted by Gasteiger charge is -2.16. The van der Waals surface area contributed by atoms with Crippen molar-refractivity contribution < 1.29 is 8.42 Å². The maximum Gasteiger partial charge on any atom is 0.236 e. The van der Waals surface area contributed by atoms with Crippen LogP contribution in [0.1, 0.15) is 20.8 Å². The van der Waals surface area contributed by atoms with Crippen molar-refractivity contribution in [3.05, 3.63) is 24.5 Å².